The highest BCUT2D eigenvalue weighted by Gasteiger charge is 2.46. The normalized spacial score (nSPS) is 20.8. The van der Waals surface area contributed by atoms with E-state index in [1.807, 2.05) is 50.0 Å². The number of hydrogen-bond acceptors (Lipinski definition) is 7. The first-order valence-electron chi connectivity index (χ1n) is 9.83. The number of aryl methyl sites for hydroxylation is 2. The number of hydrazone groups is 2. The maximum atomic E-state index is 7.61. The summed E-state index contributed by atoms with van der Waals surface area (Å²) in [5.41, 5.74) is 6.84. The van der Waals surface area contributed by atoms with E-state index in [1.54, 1.807) is 4.68 Å². The molecule has 9 heteroatoms. The quantitative estimate of drug-likeness (QED) is 0.606. The second-order valence-corrected chi connectivity index (χ2v) is 8.59. The van der Waals surface area contributed by atoms with Gasteiger partial charge in [0.25, 0.3) is 5.69 Å². The third-order valence-electron chi connectivity index (χ3n) is 5.19. The molecule has 1 N–H and O–H groups in total. The van der Waals surface area contributed by atoms with Gasteiger partial charge >= 0.3 is 0 Å². The highest BCUT2D eigenvalue weighted by Crippen LogP contribution is 2.36. The van der Waals surface area contributed by atoms with Gasteiger partial charge in [-0.25, -0.2) is 14.5 Å². The lowest BCUT2D eigenvalue weighted by Gasteiger charge is -2.22. The van der Waals surface area contributed by atoms with Crippen LogP contribution in [0.5, 0.6) is 0 Å². The number of nitrogens with zero attached hydrogens (tertiary/aromatic N) is 8. The van der Waals surface area contributed by atoms with Crippen LogP contribution in [0.2, 0.25) is 0 Å². The van der Waals surface area contributed by atoms with Crippen LogP contribution in [-0.4, -0.2) is 38.5 Å². The minimum Gasteiger partial charge on any atom is -0.281 e. The van der Waals surface area contributed by atoms with Crippen molar-refractivity contribution in [2.45, 2.75) is 53.8 Å². The van der Waals surface area contributed by atoms with Gasteiger partial charge in [-0.05, 0) is 32.9 Å². The summed E-state index contributed by atoms with van der Waals surface area (Å²) in [6, 6.07) is 7.61. The molecule has 0 fully saturated rings. The van der Waals surface area contributed by atoms with Crippen LogP contribution in [0.3, 0.4) is 0 Å². The van der Waals surface area contributed by atoms with Crippen LogP contribution >= 0.6 is 0 Å². The van der Waals surface area contributed by atoms with E-state index in [4.69, 9.17) is 11.7 Å². The molecular weight excluding hydrogens is 378 g/mol. The third-order valence-corrected chi connectivity index (χ3v) is 5.19. The second-order valence-electron chi connectivity index (χ2n) is 8.59. The maximum Gasteiger partial charge on any atom is 0.255 e. The van der Waals surface area contributed by atoms with Crippen LogP contribution in [-0.2, 0) is 0 Å². The number of azo groups is 1. The zero-order valence-corrected chi connectivity index (χ0v) is 18.0. The Morgan fingerprint density at radius 1 is 1.13 bits per heavy atom. The predicted octanol–water partition coefficient (Wildman–Crippen LogP) is 4.47. The molecule has 2 aliphatic rings. The highest BCUT2D eigenvalue weighted by atomic mass is 15.7. The molecule has 2 unspecified atom stereocenters. The van der Waals surface area contributed by atoms with E-state index in [2.05, 4.69) is 51.5 Å². The van der Waals surface area contributed by atoms with Crippen LogP contribution in [0.25, 0.3) is 10.5 Å². The molecule has 1 aromatic heterocycles. The van der Waals surface area contributed by atoms with Gasteiger partial charge in [0.2, 0.25) is 0 Å². The van der Waals surface area contributed by atoms with Crippen molar-refractivity contribution in [1.29, 1.82) is 0 Å². The minimum absolute atomic E-state index is 0.189. The molecule has 0 saturated heterocycles. The molecule has 0 amide bonds. The summed E-state index contributed by atoms with van der Waals surface area (Å²) >= 11 is 0. The van der Waals surface area contributed by atoms with Gasteiger partial charge in [0.15, 0.2) is 18.0 Å². The van der Waals surface area contributed by atoms with Crippen molar-refractivity contribution < 1.29 is 0 Å². The first kappa shape index (κ1) is 19.8. The molecule has 3 heterocycles. The fourth-order valence-corrected chi connectivity index (χ4v) is 3.55. The smallest absolute Gasteiger partial charge is 0.255 e. The summed E-state index contributed by atoms with van der Waals surface area (Å²) < 4.78 is 1.68. The number of benzene rings is 1. The van der Waals surface area contributed by atoms with Crippen molar-refractivity contribution in [1.82, 2.24) is 20.2 Å². The SMILES string of the molecule is [C-]#[N+]c1c(C)nn(-c2ccc(C)cc2)c1N=NC1C(C(C)(C)C)=NN2C(C)=NNC12. The second kappa shape index (κ2) is 7.06. The largest absolute Gasteiger partial charge is 0.281 e. The Labute approximate surface area is 176 Å². The molecule has 2 aliphatic heterocycles. The Hall–Kier alpha value is -3.54. The van der Waals surface area contributed by atoms with Gasteiger partial charge in [0.1, 0.15) is 5.84 Å². The van der Waals surface area contributed by atoms with Crippen LogP contribution in [0.15, 0.2) is 44.7 Å². The summed E-state index contributed by atoms with van der Waals surface area (Å²) in [5, 5.41) is 24.6. The summed E-state index contributed by atoms with van der Waals surface area (Å²) in [6.07, 6.45) is -0.212. The lowest BCUT2D eigenvalue weighted by atomic mass is 9.85. The van der Waals surface area contributed by atoms with E-state index < -0.39 is 0 Å². The van der Waals surface area contributed by atoms with E-state index in [1.165, 1.54) is 0 Å². The number of nitrogens with one attached hydrogen (secondary N) is 1. The average molecular weight is 403 g/mol. The zero-order chi connectivity index (χ0) is 21.6. The fourth-order valence-electron chi connectivity index (χ4n) is 3.55. The van der Waals surface area contributed by atoms with Gasteiger partial charge in [0.05, 0.1) is 23.7 Å². The first-order chi connectivity index (χ1) is 14.2. The van der Waals surface area contributed by atoms with Gasteiger partial charge in [0, 0.05) is 5.41 Å². The van der Waals surface area contributed by atoms with Crippen molar-refractivity contribution in [3.05, 3.63) is 46.9 Å². The van der Waals surface area contributed by atoms with E-state index in [-0.39, 0.29) is 17.6 Å². The van der Waals surface area contributed by atoms with Crippen molar-refractivity contribution in [2.75, 3.05) is 0 Å². The molecule has 154 valence electrons. The molecule has 0 bridgehead atoms. The number of fused-ring (bicyclic) bond motifs is 1. The summed E-state index contributed by atoms with van der Waals surface area (Å²) in [7, 11) is 0. The highest BCUT2D eigenvalue weighted by molar-refractivity contribution is 5.99. The van der Waals surface area contributed by atoms with Crippen LogP contribution in [0, 0.1) is 25.8 Å². The minimum atomic E-state index is -0.327. The fraction of sp³-hybridized carbons (Fsp3) is 0.429. The topological polar surface area (TPSA) is 86.9 Å². The summed E-state index contributed by atoms with van der Waals surface area (Å²) in [5.74, 6) is 1.22. The predicted molar refractivity (Wildman–Crippen MR) is 116 cm³/mol. The van der Waals surface area contributed by atoms with Crippen LogP contribution in [0.4, 0.5) is 11.5 Å². The Morgan fingerprint density at radius 3 is 2.47 bits per heavy atom. The molecule has 0 spiro atoms. The van der Waals surface area contributed by atoms with Gasteiger partial charge in [-0.2, -0.15) is 20.4 Å². The molecule has 0 saturated carbocycles. The lowest BCUT2D eigenvalue weighted by molar-refractivity contribution is 0.324. The van der Waals surface area contributed by atoms with Gasteiger partial charge in [-0.1, -0.05) is 38.5 Å². The van der Waals surface area contributed by atoms with E-state index >= 15 is 0 Å². The van der Waals surface area contributed by atoms with E-state index in [0.717, 1.165) is 22.8 Å². The van der Waals surface area contributed by atoms with E-state index in [9.17, 15) is 0 Å². The van der Waals surface area contributed by atoms with Crippen molar-refractivity contribution >= 4 is 23.1 Å². The standard InChI is InChI=1S/C21H25N9/c1-12-8-10-15(11-9-12)30-19(16(22-7)13(2)27-30)26-24-17-18(21(4,5)6)28-29-14(3)23-25-20(17)29/h8-11,17,20,25H,1-6H3. The number of hydrogen-bond donors (Lipinski definition) is 1. The monoisotopic (exact) mass is 403 g/mol. The maximum absolute atomic E-state index is 7.61. The Kier molecular flexibility index (Phi) is 4.65. The first-order valence-corrected chi connectivity index (χ1v) is 9.83. The Morgan fingerprint density at radius 2 is 1.83 bits per heavy atom. The average Bonchev–Trinajstić information content (AvgIpc) is 3.33. The molecule has 1 aromatic carbocycles. The van der Waals surface area contributed by atoms with Crippen LogP contribution < -0.4 is 5.43 Å². The van der Waals surface area contributed by atoms with Crippen LogP contribution in [0.1, 0.15) is 39.0 Å². The summed E-state index contributed by atoms with van der Waals surface area (Å²) in [4.78, 5) is 3.66. The molecule has 2 aromatic rings. The Bertz CT molecular complexity index is 1110. The van der Waals surface area contributed by atoms with Crippen molar-refractivity contribution in [3.63, 3.8) is 0 Å². The molecule has 2 atom stereocenters. The van der Waals surface area contributed by atoms with Crippen molar-refractivity contribution in [2.24, 2.45) is 25.8 Å². The molecule has 0 radical (unpaired) electrons. The molecule has 0 aliphatic carbocycles. The molecule has 4 rings (SSSR count). The number of amidine groups is 1. The van der Waals surface area contributed by atoms with E-state index in [0.29, 0.717) is 17.2 Å². The molecule has 30 heavy (non-hydrogen) atoms. The zero-order valence-electron chi connectivity index (χ0n) is 18.0. The third kappa shape index (κ3) is 3.24. The van der Waals surface area contributed by atoms with Gasteiger partial charge < -0.3 is 0 Å². The number of rotatable bonds is 3. The van der Waals surface area contributed by atoms with Gasteiger partial charge in [-0.15, -0.1) is 5.11 Å². The summed E-state index contributed by atoms with van der Waals surface area (Å²) in [6.45, 7) is 19.7. The lowest BCUT2D eigenvalue weighted by Crippen LogP contribution is -2.43. The number of aromatic nitrogens is 2. The van der Waals surface area contributed by atoms with Gasteiger partial charge in [-0.3, -0.25) is 5.43 Å². The Balaban J connectivity index is 1.76. The van der Waals surface area contributed by atoms with Crippen molar-refractivity contribution in [3.8, 4) is 5.69 Å². The molecule has 9 nitrogen and oxygen atoms in total. The molecular formula is C21H25N9.